The van der Waals surface area contributed by atoms with E-state index in [2.05, 4.69) is 31.4 Å². The van der Waals surface area contributed by atoms with Crippen LogP contribution in [-0.4, -0.2) is 37.9 Å². The summed E-state index contributed by atoms with van der Waals surface area (Å²) in [6, 6.07) is 1.75. The number of hydrogen-bond acceptors (Lipinski definition) is 3. The lowest BCUT2D eigenvalue weighted by atomic mass is 10.1. The highest BCUT2D eigenvalue weighted by molar-refractivity contribution is 4.77. The predicted molar refractivity (Wildman–Crippen MR) is 68.8 cm³/mol. The molecule has 0 bridgehead atoms. The molecule has 1 rings (SSSR count). The Morgan fingerprint density at radius 3 is 2.81 bits per heavy atom. The van der Waals surface area contributed by atoms with Gasteiger partial charge in [-0.1, -0.05) is 19.8 Å². The second kappa shape index (κ2) is 8.04. The zero-order valence-electron chi connectivity index (χ0n) is 11.1. The van der Waals surface area contributed by atoms with Crippen LogP contribution in [0.5, 0.6) is 0 Å². The average Bonchev–Trinajstić information content (AvgIpc) is 2.27. The maximum Gasteiger partial charge on any atom is 0.0620 e. The first-order chi connectivity index (χ1) is 7.72. The number of ether oxygens (including phenoxy) is 1. The largest absolute Gasteiger partial charge is 0.379 e. The maximum absolute atomic E-state index is 5.46. The SMILES string of the molecule is CCCCC(C)NC(C)CC1COCCN1. The quantitative estimate of drug-likeness (QED) is 0.698. The van der Waals surface area contributed by atoms with Crippen molar-refractivity contribution in [1.82, 2.24) is 10.6 Å². The van der Waals surface area contributed by atoms with Crippen LogP contribution in [0.2, 0.25) is 0 Å². The highest BCUT2D eigenvalue weighted by Gasteiger charge is 2.16. The fraction of sp³-hybridized carbons (Fsp3) is 1.00. The fourth-order valence-electron chi connectivity index (χ4n) is 2.35. The van der Waals surface area contributed by atoms with Gasteiger partial charge >= 0.3 is 0 Å². The molecule has 0 aromatic carbocycles. The summed E-state index contributed by atoms with van der Waals surface area (Å²) in [4.78, 5) is 0. The molecule has 96 valence electrons. The first-order valence-corrected chi connectivity index (χ1v) is 6.79. The summed E-state index contributed by atoms with van der Waals surface area (Å²) < 4.78 is 5.46. The van der Waals surface area contributed by atoms with E-state index >= 15 is 0 Å². The van der Waals surface area contributed by atoms with Crippen LogP contribution in [0.4, 0.5) is 0 Å². The van der Waals surface area contributed by atoms with Gasteiger partial charge in [0.25, 0.3) is 0 Å². The van der Waals surface area contributed by atoms with Crippen molar-refractivity contribution < 1.29 is 4.74 Å². The molecule has 0 aromatic heterocycles. The third kappa shape index (κ3) is 5.83. The number of nitrogens with one attached hydrogen (secondary N) is 2. The number of hydrogen-bond donors (Lipinski definition) is 2. The van der Waals surface area contributed by atoms with Gasteiger partial charge in [0.1, 0.15) is 0 Å². The van der Waals surface area contributed by atoms with E-state index < -0.39 is 0 Å². The fourth-order valence-corrected chi connectivity index (χ4v) is 2.35. The first-order valence-electron chi connectivity index (χ1n) is 6.79. The molecule has 1 aliphatic heterocycles. The van der Waals surface area contributed by atoms with Gasteiger partial charge in [0.2, 0.25) is 0 Å². The van der Waals surface area contributed by atoms with Gasteiger partial charge in [0.15, 0.2) is 0 Å². The lowest BCUT2D eigenvalue weighted by molar-refractivity contribution is 0.0708. The Morgan fingerprint density at radius 1 is 1.38 bits per heavy atom. The van der Waals surface area contributed by atoms with E-state index in [0.717, 1.165) is 26.2 Å². The number of unbranched alkanes of at least 4 members (excludes halogenated alkanes) is 1. The smallest absolute Gasteiger partial charge is 0.0620 e. The van der Waals surface area contributed by atoms with Gasteiger partial charge in [-0.25, -0.2) is 0 Å². The molecule has 0 radical (unpaired) electrons. The van der Waals surface area contributed by atoms with Gasteiger partial charge in [0.05, 0.1) is 13.2 Å². The van der Waals surface area contributed by atoms with E-state index in [4.69, 9.17) is 4.74 Å². The van der Waals surface area contributed by atoms with Crippen molar-refractivity contribution in [2.75, 3.05) is 19.8 Å². The molecule has 3 nitrogen and oxygen atoms in total. The third-order valence-corrected chi connectivity index (χ3v) is 3.20. The van der Waals surface area contributed by atoms with Crippen molar-refractivity contribution >= 4 is 0 Å². The normalized spacial score (nSPS) is 25.3. The zero-order valence-corrected chi connectivity index (χ0v) is 11.1. The summed E-state index contributed by atoms with van der Waals surface area (Å²) in [5.41, 5.74) is 0. The minimum Gasteiger partial charge on any atom is -0.379 e. The van der Waals surface area contributed by atoms with Gasteiger partial charge < -0.3 is 15.4 Å². The highest BCUT2D eigenvalue weighted by Crippen LogP contribution is 2.06. The molecule has 1 saturated heterocycles. The molecule has 0 saturated carbocycles. The van der Waals surface area contributed by atoms with E-state index in [-0.39, 0.29) is 0 Å². The summed E-state index contributed by atoms with van der Waals surface area (Å²) in [6.07, 6.45) is 5.07. The second-order valence-electron chi connectivity index (χ2n) is 5.07. The van der Waals surface area contributed by atoms with Crippen molar-refractivity contribution in [3.05, 3.63) is 0 Å². The van der Waals surface area contributed by atoms with Gasteiger partial charge in [-0.05, 0) is 26.7 Å². The molecule has 0 amide bonds. The maximum atomic E-state index is 5.46. The summed E-state index contributed by atoms with van der Waals surface area (Å²) in [5, 5.41) is 7.17. The third-order valence-electron chi connectivity index (χ3n) is 3.20. The van der Waals surface area contributed by atoms with Gasteiger partial charge in [-0.3, -0.25) is 0 Å². The van der Waals surface area contributed by atoms with Crippen LogP contribution in [0.25, 0.3) is 0 Å². The molecule has 0 aromatic rings. The average molecular weight is 228 g/mol. The van der Waals surface area contributed by atoms with Crippen LogP contribution in [0.15, 0.2) is 0 Å². The van der Waals surface area contributed by atoms with Crippen LogP contribution in [0.1, 0.15) is 46.5 Å². The molecular weight excluding hydrogens is 200 g/mol. The Kier molecular flexibility index (Phi) is 7.01. The Hall–Kier alpha value is -0.120. The molecule has 2 N–H and O–H groups in total. The zero-order chi connectivity index (χ0) is 11.8. The van der Waals surface area contributed by atoms with Gasteiger partial charge in [-0.15, -0.1) is 0 Å². The minimum atomic E-state index is 0.537. The Bertz CT molecular complexity index is 169. The van der Waals surface area contributed by atoms with E-state index in [0.29, 0.717) is 18.1 Å². The lowest BCUT2D eigenvalue weighted by Gasteiger charge is -2.28. The topological polar surface area (TPSA) is 33.3 Å². The molecule has 3 unspecified atom stereocenters. The second-order valence-corrected chi connectivity index (χ2v) is 5.07. The van der Waals surface area contributed by atoms with E-state index in [1.165, 1.54) is 19.3 Å². The first kappa shape index (κ1) is 13.9. The van der Waals surface area contributed by atoms with Gasteiger partial charge in [-0.2, -0.15) is 0 Å². The lowest BCUT2D eigenvalue weighted by Crippen LogP contribution is -2.46. The van der Waals surface area contributed by atoms with Crippen LogP contribution < -0.4 is 10.6 Å². The Morgan fingerprint density at radius 2 is 2.19 bits per heavy atom. The molecule has 1 heterocycles. The number of rotatable bonds is 7. The van der Waals surface area contributed by atoms with Crippen molar-refractivity contribution in [1.29, 1.82) is 0 Å². The van der Waals surface area contributed by atoms with Crippen LogP contribution in [0, 0.1) is 0 Å². The van der Waals surface area contributed by atoms with Crippen LogP contribution in [0.3, 0.4) is 0 Å². The summed E-state index contributed by atoms with van der Waals surface area (Å²) in [7, 11) is 0. The predicted octanol–water partition coefficient (Wildman–Crippen LogP) is 1.92. The van der Waals surface area contributed by atoms with Crippen molar-refractivity contribution in [3.63, 3.8) is 0 Å². The molecule has 0 spiro atoms. The van der Waals surface area contributed by atoms with Crippen LogP contribution in [-0.2, 0) is 4.74 Å². The highest BCUT2D eigenvalue weighted by atomic mass is 16.5. The summed E-state index contributed by atoms with van der Waals surface area (Å²) in [5.74, 6) is 0. The molecule has 16 heavy (non-hydrogen) atoms. The van der Waals surface area contributed by atoms with E-state index in [1.807, 2.05) is 0 Å². The van der Waals surface area contributed by atoms with Crippen LogP contribution >= 0.6 is 0 Å². The Balaban J connectivity index is 2.11. The Labute approximate surface area is 100 Å². The summed E-state index contributed by atoms with van der Waals surface area (Å²) >= 11 is 0. The van der Waals surface area contributed by atoms with Crippen molar-refractivity contribution in [2.45, 2.75) is 64.6 Å². The molecular formula is C13H28N2O. The molecule has 1 aliphatic rings. The molecule has 0 aliphatic carbocycles. The molecule has 1 fully saturated rings. The monoisotopic (exact) mass is 228 g/mol. The van der Waals surface area contributed by atoms with E-state index in [9.17, 15) is 0 Å². The molecule has 3 heteroatoms. The van der Waals surface area contributed by atoms with Gasteiger partial charge in [0, 0.05) is 24.7 Å². The standard InChI is InChI=1S/C13H28N2O/c1-4-5-6-11(2)15-12(3)9-13-10-16-8-7-14-13/h11-15H,4-10H2,1-3H3. The van der Waals surface area contributed by atoms with Crippen molar-refractivity contribution in [2.24, 2.45) is 0 Å². The minimum absolute atomic E-state index is 0.537. The van der Waals surface area contributed by atoms with Crippen molar-refractivity contribution in [3.8, 4) is 0 Å². The van der Waals surface area contributed by atoms with E-state index in [1.54, 1.807) is 0 Å². The summed E-state index contributed by atoms with van der Waals surface area (Å²) in [6.45, 7) is 9.55. The number of morpholine rings is 1. The molecule has 3 atom stereocenters.